The molecule has 0 unspecified atom stereocenters. The van der Waals surface area contributed by atoms with Crippen LogP contribution in [-0.2, 0) is 9.47 Å². The second kappa shape index (κ2) is 6.12. The molecule has 0 aliphatic heterocycles. The first-order chi connectivity index (χ1) is 10.7. The molecule has 2 rings (SSSR count). The molecular formula is C16H18N2O5. The summed E-state index contributed by atoms with van der Waals surface area (Å²) in [4.78, 5) is 28.1. The van der Waals surface area contributed by atoms with E-state index < -0.39 is 17.7 Å². The Balaban J connectivity index is 2.47. The number of nitrogens with one attached hydrogen (secondary N) is 1. The zero-order chi connectivity index (χ0) is 17.2. The number of esters is 1. The normalized spacial score (nSPS) is 11.1. The molecule has 0 aliphatic carbocycles. The molecule has 7 heteroatoms. The minimum atomic E-state index is -0.745. The van der Waals surface area contributed by atoms with E-state index in [-0.39, 0.29) is 17.0 Å². The highest BCUT2D eigenvalue weighted by atomic mass is 16.6. The number of amides is 1. The Morgan fingerprint density at radius 1 is 1.39 bits per heavy atom. The molecule has 1 amide bonds. The van der Waals surface area contributed by atoms with Gasteiger partial charge in [0.1, 0.15) is 16.7 Å². The van der Waals surface area contributed by atoms with Gasteiger partial charge < -0.3 is 13.9 Å². The van der Waals surface area contributed by atoms with Gasteiger partial charge in [0.05, 0.1) is 7.11 Å². The number of hydrogen-bond donors (Lipinski definition) is 1. The molecular weight excluding hydrogens is 300 g/mol. The number of methoxy groups -OCH3 is 1. The van der Waals surface area contributed by atoms with Crippen molar-refractivity contribution in [3.8, 4) is 0 Å². The third-order valence-corrected chi connectivity index (χ3v) is 2.79. The molecule has 122 valence electrons. The van der Waals surface area contributed by atoms with Crippen LogP contribution in [0.3, 0.4) is 0 Å². The predicted molar refractivity (Wildman–Crippen MR) is 85.3 cm³/mol. The first kappa shape index (κ1) is 16.5. The van der Waals surface area contributed by atoms with Gasteiger partial charge in [-0.25, -0.2) is 9.59 Å². The van der Waals surface area contributed by atoms with E-state index in [1.807, 2.05) is 0 Å². The smallest absolute Gasteiger partial charge is 0.414 e. The van der Waals surface area contributed by atoms with Gasteiger partial charge in [-0.2, -0.15) is 0 Å². The Kier molecular flexibility index (Phi) is 4.40. The summed E-state index contributed by atoms with van der Waals surface area (Å²) in [6.45, 7) is 8.82. The molecule has 0 saturated carbocycles. The molecule has 0 atom stereocenters. The topological polar surface area (TPSA) is 90.7 Å². The molecule has 2 heterocycles. The monoisotopic (exact) mass is 318 g/mol. The van der Waals surface area contributed by atoms with Gasteiger partial charge >= 0.3 is 12.1 Å². The molecule has 0 fully saturated rings. The maximum absolute atomic E-state index is 12.0. The van der Waals surface area contributed by atoms with Crippen molar-refractivity contribution in [1.29, 1.82) is 0 Å². The third kappa shape index (κ3) is 3.68. The van der Waals surface area contributed by atoms with Gasteiger partial charge in [-0.3, -0.25) is 10.3 Å². The van der Waals surface area contributed by atoms with Gasteiger partial charge in [-0.05, 0) is 32.4 Å². The van der Waals surface area contributed by atoms with E-state index in [0.29, 0.717) is 11.1 Å². The van der Waals surface area contributed by atoms with Crippen molar-refractivity contribution < 1.29 is 23.5 Å². The van der Waals surface area contributed by atoms with E-state index in [0.717, 1.165) is 0 Å². The van der Waals surface area contributed by atoms with Crippen LogP contribution in [0.15, 0.2) is 23.3 Å². The molecule has 1 N–H and O–H groups in total. The van der Waals surface area contributed by atoms with Crippen LogP contribution >= 0.6 is 0 Å². The van der Waals surface area contributed by atoms with E-state index in [1.165, 1.54) is 13.3 Å². The fraction of sp³-hybridized carbons (Fsp3) is 0.312. The minimum Gasteiger partial charge on any atom is -0.465 e. The number of fused-ring (bicyclic) bond motifs is 1. The SMILES string of the molecule is C=Cc1cnc2c(C(=O)OC)c(NC(=O)OC(C)(C)C)oc2c1. The Morgan fingerprint density at radius 2 is 2.09 bits per heavy atom. The average Bonchev–Trinajstić information content (AvgIpc) is 2.80. The third-order valence-electron chi connectivity index (χ3n) is 2.79. The number of nitrogens with zero attached hydrogens (tertiary/aromatic N) is 1. The molecule has 7 nitrogen and oxygen atoms in total. The number of pyridine rings is 1. The van der Waals surface area contributed by atoms with Crippen molar-refractivity contribution in [3.63, 3.8) is 0 Å². The maximum Gasteiger partial charge on any atom is 0.414 e. The second-order valence-electron chi connectivity index (χ2n) is 5.74. The summed E-state index contributed by atoms with van der Waals surface area (Å²) in [5.41, 5.74) is 0.674. The summed E-state index contributed by atoms with van der Waals surface area (Å²) in [5, 5.41) is 2.41. The van der Waals surface area contributed by atoms with Crippen LogP contribution < -0.4 is 5.32 Å². The molecule has 0 radical (unpaired) electrons. The van der Waals surface area contributed by atoms with Crippen LogP contribution in [0.4, 0.5) is 10.7 Å². The van der Waals surface area contributed by atoms with Crippen molar-refractivity contribution in [2.45, 2.75) is 26.4 Å². The molecule has 2 aromatic rings. The minimum absolute atomic E-state index is 0.0315. The average molecular weight is 318 g/mol. The Bertz CT molecular complexity index is 771. The first-order valence-electron chi connectivity index (χ1n) is 6.88. The zero-order valence-electron chi connectivity index (χ0n) is 13.4. The highest BCUT2D eigenvalue weighted by Gasteiger charge is 2.26. The lowest BCUT2D eigenvalue weighted by atomic mass is 10.2. The fourth-order valence-electron chi connectivity index (χ4n) is 1.88. The standard InChI is InChI=1S/C16H18N2O5/c1-6-9-7-10-12(17-8-9)11(14(19)21-5)13(22-10)18-15(20)23-16(2,3)4/h6-8H,1H2,2-5H3,(H,18,20). The van der Waals surface area contributed by atoms with Crippen molar-refractivity contribution in [2.24, 2.45) is 0 Å². The van der Waals surface area contributed by atoms with Gasteiger partial charge in [0, 0.05) is 6.20 Å². The number of rotatable bonds is 3. The highest BCUT2D eigenvalue weighted by molar-refractivity contribution is 6.08. The number of anilines is 1. The van der Waals surface area contributed by atoms with Crippen LogP contribution in [0.2, 0.25) is 0 Å². The number of carbonyl (C=O) groups excluding carboxylic acids is 2. The highest BCUT2D eigenvalue weighted by Crippen LogP contribution is 2.30. The van der Waals surface area contributed by atoms with Crippen LogP contribution in [0, 0.1) is 0 Å². The molecule has 0 aromatic carbocycles. The Hall–Kier alpha value is -2.83. The number of aromatic nitrogens is 1. The van der Waals surface area contributed by atoms with Crippen molar-refractivity contribution in [1.82, 2.24) is 4.98 Å². The van der Waals surface area contributed by atoms with Crippen molar-refractivity contribution in [2.75, 3.05) is 12.4 Å². The van der Waals surface area contributed by atoms with Crippen molar-refractivity contribution in [3.05, 3.63) is 30.0 Å². The van der Waals surface area contributed by atoms with Gasteiger partial charge in [0.25, 0.3) is 0 Å². The van der Waals surface area contributed by atoms with Crippen molar-refractivity contribution >= 4 is 35.1 Å². The number of hydrogen-bond acceptors (Lipinski definition) is 6. The Morgan fingerprint density at radius 3 is 2.65 bits per heavy atom. The summed E-state index contributed by atoms with van der Waals surface area (Å²) >= 11 is 0. The lowest BCUT2D eigenvalue weighted by Gasteiger charge is -2.19. The van der Waals surface area contributed by atoms with E-state index in [4.69, 9.17) is 13.9 Å². The quantitative estimate of drug-likeness (QED) is 0.869. The van der Waals surface area contributed by atoms with E-state index >= 15 is 0 Å². The largest absolute Gasteiger partial charge is 0.465 e. The predicted octanol–water partition coefficient (Wildman–Crippen LogP) is 3.60. The summed E-state index contributed by atoms with van der Waals surface area (Å²) in [7, 11) is 1.23. The van der Waals surface area contributed by atoms with Gasteiger partial charge in [-0.1, -0.05) is 12.7 Å². The van der Waals surface area contributed by atoms with Crippen LogP contribution in [0.1, 0.15) is 36.7 Å². The molecule has 2 aromatic heterocycles. The summed E-state index contributed by atoms with van der Waals surface area (Å²) in [5.74, 6) is -0.747. The maximum atomic E-state index is 12.0. The summed E-state index contributed by atoms with van der Waals surface area (Å²) < 4.78 is 15.4. The van der Waals surface area contributed by atoms with E-state index in [2.05, 4.69) is 16.9 Å². The van der Waals surface area contributed by atoms with Crippen LogP contribution in [-0.4, -0.2) is 29.8 Å². The summed E-state index contributed by atoms with van der Waals surface area (Å²) in [6.07, 6.45) is 2.38. The van der Waals surface area contributed by atoms with Gasteiger partial charge in [0.2, 0.25) is 5.88 Å². The molecule has 0 bridgehead atoms. The zero-order valence-corrected chi connectivity index (χ0v) is 13.4. The molecule has 0 spiro atoms. The lowest BCUT2D eigenvalue weighted by Crippen LogP contribution is -2.27. The van der Waals surface area contributed by atoms with Gasteiger partial charge in [0.15, 0.2) is 5.58 Å². The lowest BCUT2D eigenvalue weighted by molar-refractivity contribution is 0.0603. The van der Waals surface area contributed by atoms with Gasteiger partial charge in [-0.15, -0.1) is 0 Å². The molecule has 23 heavy (non-hydrogen) atoms. The second-order valence-corrected chi connectivity index (χ2v) is 5.74. The van der Waals surface area contributed by atoms with E-state index in [1.54, 1.807) is 32.9 Å². The summed E-state index contributed by atoms with van der Waals surface area (Å²) in [6, 6.07) is 1.65. The number of carbonyl (C=O) groups is 2. The molecule has 0 aliphatic rings. The number of ether oxygens (including phenoxy) is 2. The first-order valence-corrected chi connectivity index (χ1v) is 6.88. The number of furan rings is 1. The molecule has 0 saturated heterocycles. The Labute approximate surface area is 133 Å². The van der Waals surface area contributed by atoms with E-state index in [9.17, 15) is 9.59 Å². The van der Waals surface area contributed by atoms with Crippen LogP contribution in [0.5, 0.6) is 0 Å². The fourth-order valence-corrected chi connectivity index (χ4v) is 1.88. The van der Waals surface area contributed by atoms with Crippen LogP contribution in [0.25, 0.3) is 17.2 Å².